The molecule has 1 unspecified atom stereocenters. The third-order valence-electron chi connectivity index (χ3n) is 20.0. The monoisotopic (exact) mass is 1350 g/mol. The van der Waals surface area contributed by atoms with Crippen molar-refractivity contribution in [1.82, 2.24) is 24.8 Å². The van der Waals surface area contributed by atoms with Gasteiger partial charge >= 0.3 is 5.97 Å². The molecule has 22 heteroatoms. The summed E-state index contributed by atoms with van der Waals surface area (Å²) in [6.07, 6.45) is -7.13. The van der Waals surface area contributed by atoms with E-state index in [1.54, 1.807) is 54.8 Å². The molecule has 0 radical (unpaired) electrons. The molecule has 492 valence electrons. The van der Waals surface area contributed by atoms with Crippen molar-refractivity contribution in [3.05, 3.63) is 114 Å². The van der Waals surface area contributed by atoms with Gasteiger partial charge in [0.1, 0.15) is 42.7 Å². The topological polar surface area (TPSA) is 236 Å². The first-order valence-electron chi connectivity index (χ1n) is 31.6. The molecule has 23 atom stereocenters. The van der Waals surface area contributed by atoms with Crippen LogP contribution in [0, 0.1) is 29.6 Å². The standard InChI is InChI=1S/C67H97FIN7O13/c1-38-31-65(7,81)61(40(3)57(87-53-32-66(8,84-13)60(79)43(6)86-53)41(4)62(80)89-64(69)67(9,82)59(78)42(5)74(11)34-38)88-63-56(77)51(30-39(2)85-63)73(10)29-28-47-35-76(72-71-47)52(33-68)58(83-12)46-24-26-48(27-25-46)75-36-49-50(37-75)55(49)70-54(44-20-16-14-17-21-44)45-22-18-15-19-23-45/h14-27,35,38-43,49-53,55-61,63-64,77-79,81-82H,28-34,36-37H2,1-13H3/t38-,39-,40+,41-,42-,43+,49-,50+,51+,52-,53+,55?,56-,57+,58-,59-,60+,61-,63+,64+,65-,66-,67+/m1/s1. The number of nitrogens with zero attached hydrogens (tertiary/aromatic N) is 7. The Labute approximate surface area is 538 Å². The summed E-state index contributed by atoms with van der Waals surface area (Å²) in [7, 11) is 6.79. The van der Waals surface area contributed by atoms with Gasteiger partial charge in [-0.05, 0) is 122 Å². The van der Waals surface area contributed by atoms with Crippen molar-refractivity contribution < 1.29 is 67.9 Å². The van der Waals surface area contributed by atoms with Crippen LogP contribution in [0.3, 0.4) is 0 Å². The number of rotatable bonds is 18. The number of alkyl halides is 2. The summed E-state index contributed by atoms with van der Waals surface area (Å²) in [5.74, 6) is -1.99. The van der Waals surface area contributed by atoms with Crippen molar-refractivity contribution in [1.29, 1.82) is 0 Å². The Morgan fingerprint density at radius 1 is 0.865 bits per heavy atom. The SMILES string of the molecule is CO[C@H](c1ccc(N2C[C@@H]3C(N=C(c4ccccc4)c4ccccc4)[C@@H]3C2)cc1)[C@@H](CF)n1cc(CCN(C)[C@H]2C[C@@H](C)O[C@@H](O[C@@H]3[C@@H](C)[C@H](O[C@H]4C[C@@](C)(OC)[C@@H](O)[C@H](C)O4)[C@@H](C)C(=O)O[C@H](I)[C@@](C)(O)[C@H](O)[C@@H](C)N(C)C[C@H](C)C[C@@]3(C)O)[C@@H]2O)nn1. The highest BCUT2D eigenvalue weighted by Crippen LogP contribution is 2.50. The van der Waals surface area contributed by atoms with E-state index in [9.17, 15) is 30.3 Å². The van der Waals surface area contributed by atoms with Crippen LogP contribution in [-0.2, 0) is 44.4 Å². The molecule has 1 aromatic heterocycles. The Hall–Kier alpha value is -4.12. The summed E-state index contributed by atoms with van der Waals surface area (Å²) >= 11 is 1.83. The van der Waals surface area contributed by atoms with Gasteiger partial charge in [-0.2, -0.15) is 0 Å². The fourth-order valence-electron chi connectivity index (χ4n) is 14.4. The van der Waals surface area contributed by atoms with Gasteiger partial charge in [-0.25, -0.2) is 9.07 Å². The van der Waals surface area contributed by atoms with Gasteiger partial charge in [0.25, 0.3) is 0 Å². The largest absolute Gasteiger partial charge is 0.448 e. The minimum Gasteiger partial charge on any atom is -0.448 e. The van der Waals surface area contributed by atoms with E-state index in [0.717, 1.165) is 41.2 Å². The highest BCUT2D eigenvalue weighted by Gasteiger charge is 2.57. The lowest BCUT2D eigenvalue weighted by molar-refractivity contribution is -0.318. The number of methoxy groups -OCH3 is 2. The van der Waals surface area contributed by atoms with Gasteiger partial charge in [0.05, 0.1) is 59.0 Å². The fourth-order valence-corrected chi connectivity index (χ4v) is 15.0. The zero-order valence-corrected chi connectivity index (χ0v) is 56.1. The zero-order valence-electron chi connectivity index (χ0n) is 54.0. The first kappa shape index (κ1) is 69.2. The number of carbonyl (C=O) groups is 1. The van der Waals surface area contributed by atoms with Crippen molar-refractivity contribution in [3.8, 4) is 0 Å². The second-order valence-corrected chi connectivity index (χ2v) is 28.1. The Kier molecular flexibility index (Phi) is 22.6. The zero-order chi connectivity index (χ0) is 64.4. The molecule has 1 saturated carbocycles. The van der Waals surface area contributed by atoms with Crippen molar-refractivity contribution in [2.24, 2.45) is 34.6 Å². The van der Waals surface area contributed by atoms with Crippen LogP contribution >= 0.6 is 22.6 Å². The van der Waals surface area contributed by atoms with Gasteiger partial charge in [0.2, 0.25) is 0 Å². The number of ether oxygens (including phenoxy) is 7. The van der Waals surface area contributed by atoms with Crippen LogP contribution in [0.15, 0.2) is 96.1 Å². The van der Waals surface area contributed by atoms with E-state index >= 15 is 4.39 Å². The van der Waals surface area contributed by atoms with Crippen molar-refractivity contribution in [3.63, 3.8) is 0 Å². The molecule has 5 fully saturated rings. The summed E-state index contributed by atoms with van der Waals surface area (Å²) in [5.41, 5.74) is 1.17. The van der Waals surface area contributed by atoms with E-state index < -0.39 is 125 Å². The molecule has 1 aliphatic carbocycles. The van der Waals surface area contributed by atoms with Gasteiger partial charge in [-0.3, -0.25) is 9.79 Å². The molecule has 89 heavy (non-hydrogen) atoms. The number of aliphatic imine (C=N–C) groups is 1. The number of halogens is 2. The van der Waals surface area contributed by atoms with Crippen LogP contribution in [0.4, 0.5) is 10.1 Å². The van der Waals surface area contributed by atoms with E-state index in [-0.39, 0.29) is 24.8 Å². The molecule has 5 N–H and O–H groups in total. The van der Waals surface area contributed by atoms with E-state index in [2.05, 4.69) is 75.9 Å². The fraction of sp³-hybridized carbons (Fsp3) is 0.672. The molecule has 9 rings (SSSR count). The number of cyclic esters (lactones) is 1. The third kappa shape index (κ3) is 15.4. The number of hydrogen-bond acceptors (Lipinski definition) is 19. The molecular formula is C67H97FIN7O13. The van der Waals surface area contributed by atoms with Crippen molar-refractivity contribution in [2.75, 3.05) is 66.1 Å². The van der Waals surface area contributed by atoms with Gasteiger partial charge in [0.15, 0.2) is 16.7 Å². The second kappa shape index (κ2) is 29.0. The summed E-state index contributed by atoms with van der Waals surface area (Å²) in [5, 5.41) is 68.7. The smallest absolute Gasteiger partial charge is 0.312 e. The normalized spacial score (nSPS) is 38.3. The molecule has 5 aliphatic rings. The lowest BCUT2D eigenvalue weighted by Crippen LogP contribution is -2.60. The number of hydrogen-bond donors (Lipinski definition) is 5. The van der Waals surface area contributed by atoms with E-state index in [1.807, 2.05) is 84.6 Å². The number of aliphatic hydroxyl groups is 5. The van der Waals surface area contributed by atoms with Crippen LogP contribution in [0.5, 0.6) is 0 Å². The van der Waals surface area contributed by atoms with Crippen molar-refractivity contribution in [2.45, 2.75) is 194 Å². The number of anilines is 1. The number of likely N-dealkylation sites (N-methyl/N-ethyl adjacent to an activating group) is 2. The number of fused-ring (bicyclic) bond motifs is 1. The average molecular weight is 1350 g/mol. The van der Waals surface area contributed by atoms with Crippen LogP contribution in [0.1, 0.15) is 116 Å². The highest BCUT2D eigenvalue weighted by molar-refractivity contribution is 14.1. The molecule has 0 spiro atoms. The third-order valence-corrected chi connectivity index (χ3v) is 21.5. The Morgan fingerprint density at radius 2 is 1.49 bits per heavy atom. The van der Waals surface area contributed by atoms with Crippen LogP contribution < -0.4 is 4.90 Å². The average Bonchev–Trinajstić information content (AvgIpc) is 1.60. The number of esters is 1. The Bertz CT molecular complexity index is 2900. The summed E-state index contributed by atoms with van der Waals surface area (Å²) < 4.78 is 59.9. The number of piperidine rings is 1. The van der Waals surface area contributed by atoms with Gasteiger partial charge in [-0.1, -0.05) is 91.9 Å². The minimum absolute atomic E-state index is 0.0789. The van der Waals surface area contributed by atoms with E-state index in [0.29, 0.717) is 43.5 Å². The maximum absolute atomic E-state index is 15.3. The molecule has 5 heterocycles. The van der Waals surface area contributed by atoms with Crippen LogP contribution in [-0.4, -0.2) is 218 Å². The summed E-state index contributed by atoms with van der Waals surface area (Å²) in [6, 6.07) is 27.3. The van der Waals surface area contributed by atoms with Crippen molar-refractivity contribution >= 4 is 40.0 Å². The van der Waals surface area contributed by atoms with Gasteiger partial charge in [0, 0.05) is 106 Å². The first-order chi connectivity index (χ1) is 42.2. The molecule has 0 amide bonds. The van der Waals surface area contributed by atoms with Gasteiger partial charge < -0.3 is 73.4 Å². The molecule has 3 aromatic carbocycles. The molecule has 4 aromatic rings. The summed E-state index contributed by atoms with van der Waals surface area (Å²) in [6.45, 7) is 17.5. The molecular weight excluding hydrogens is 1260 g/mol. The Morgan fingerprint density at radius 3 is 2.09 bits per heavy atom. The highest BCUT2D eigenvalue weighted by atomic mass is 127. The molecule has 0 bridgehead atoms. The Balaban J connectivity index is 0.874. The minimum atomic E-state index is -1.88. The lowest BCUT2D eigenvalue weighted by Gasteiger charge is -2.49. The number of aliphatic hydroxyl groups excluding tert-OH is 3. The molecule has 20 nitrogen and oxygen atoms in total. The maximum atomic E-state index is 15.3. The number of carbonyl (C=O) groups excluding carboxylic acids is 1. The molecule has 4 aliphatic heterocycles. The van der Waals surface area contributed by atoms with Crippen LogP contribution in [0.2, 0.25) is 0 Å². The van der Waals surface area contributed by atoms with E-state index in [4.69, 9.17) is 38.2 Å². The lowest BCUT2D eigenvalue weighted by atomic mass is 9.77. The second-order valence-electron chi connectivity index (χ2n) is 26.9. The predicted molar refractivity (Wildman–Crippen MR) is 343 cm³/mol. The molecule has 4 saturated heterocycles. The van der Waals surface area contributed by atoms with Gasteiger partial charge in [-0.15, -0.1) is 5.10 Å². The van der Waals surface area contributed by atoms with Crippen LogP contribution in [0.25, 0.3) is 0 Å². The predicted octanol–water partition coefficient (Wildman–Crippen LogP) is 6.96. The first-order valence-corrected chi connectivity index (χ1v) is 32.9. The number of aromatic nitrogens is 3. The quantitative estimate of drug-likeness (QED) is 0.0293. The number of benzene rings is 3. The van der Waals surface area contributed by atoms with E-state index in [1.165, 1.54) is 18.7 Å². The summed E-state index contributed by atoms with van der Waals surface area (Å²) in [4.78, 5) is 26.1. The maximum Gasteiger partial charge on any atom is 0.312 e.